The Balaban J connectivity index is 1.40. The highest BCUT2D eigenvalue weighted by Gasteiger charge is 2.39. The first-order valence-electron chi connectivity index (χ1n) is 14.6. The van der Waals surface area contributed by atoms with Gasteiger partial charge in [-0.3, -0.25) is 14.7 Å². The summed E-state index contributed by atoms with van der Waals surface area (Å²) in [5.41, 5.74) is 1.64. The van der Waals surface area contributed by atoms with Gasteiger partial charge in [0.15, 0.2) is 16.7 Å². The van der Waals surface area contributed by atoms with Crippen molar-refractivity contribution in [3.63, 3.8) is 0 Å². The zero-order chi connectivity index (χ0) is 28.8. The Kier molecular flexibility index (Phi) is 9.93. The van der Waals surface area contributed by atoms with Crippen LogP contribution in [0.3, 0.4) is 0 Å². The van der Waals surface area contributed by atoms with Crippen molar-refractivity contribution < 1.29 is 24.2 Å². The lowest BCUT2D eigenvalue weighted by Crippen LogP contribution is -2.41. The number of rotatable bonds is 9. The number of ether oxygens (including phenoxy) is 2. The van der Waals surface area contributed by atoms with Crippen molar-refractivity contribution >= 4 is 46.5 Å². The molecule has 0 unspecified atom stereocenters. The summed E-state index contributed by atoms with van der Waals surface area (Å²) in [6.45, 7) is 2.42. The molecule has 2 aliphatic carbocycles. The number of nitrogens with zero attached hydrogens (tertiary/aromatic N) is 2. The lowest BCUT2D eigenvalue weighted by molar-refractivity contribution is -0.124. The van der Waals surface area contributed by atoms with Gasteiger partial charge in [0.05, 0.1) is 28.1 Å². The number of carbonyl (C=O) groups is 2. The molecule has 1 heterocycles. The number of aromatic carboxylic acids is 1. The summed E-state index contributed by atoms with van der Waals surface area (Å²) in [5.74, 6) is -0.128. The summed E-state index contributed by atoms with van der Waals surface area (Å²) in [6.07, 6.45) is 13.3. The minimum absolute atomic E-state index is 0.0178. The molecule has 2 saturated carbocycles. The van der Waals surface area contributed by atoms with E-state index in [2.05, 4.69) is 0 Å². The number of aliphatic imine (C=N–C) groups is 1. The Labute approximate surface area is 251 Å². The average Bonchev–Trinajstić information content (AvgIpc) is 3.27. The number of hydrogen-bond acceptors (Lipinski definition) is 6. The molecule has 3 fully saturated rings. The van der Waals surface area contributed by atoms with Gasteiger partial charge < -0.3 is 14.6 Å². The fourth-order valence-corrected chi connectivity index (χ4v) is 7.16. The van der Waals surface area contributed by atoms with Crippen molar-refractivity contribution in [2.75, 3.05) is 6.61 Å². The molecule has 2 aromatic rings. The maximum atomic E-state index is 13.8. The van der Waals surface area contributed by atoms with Crippen LogP contribution >= 0.6 is 23.4 Å². The molecule has 2 aromatic carbocycles. The van der Waals surface area contributed by atoms with E-state index in [0.717, 1.165) is 49.3 Å². The third-order valence-corrected chi connectivity index (χ3v) is 9.11. The van der Waals surface area contributed by atoms with Gasteiger partial charge in [-0.25, -0.2) is 4.79 Å². The molecule has 0 radical (unpaired) electrons. The van der Waals surface area contributed by atoms with Gasteiger partial charge in [0.1, 0.15) is 6.61 Å². The Bertz CT molecular complexity index is 1330. The summed E-state index contributed by atoms with van der Waals surface area (Å²) in [4.78, 5) is 32.8. The standard InChI is InChI=1S/C32H37ClN2O5S/c1-2-39-27-18-22(17-26(33)29(27)40-20-21-10-9-11-23(16-21)31(37)38)19-28-30(36)35(25-14-7-4-8-15-25)32(41-28)34-24-12-5-3-6-13-24/h9-11,16-19,24-25H,2-8,12-15,20H2,1H3,(H,37,38). The van der Waals surface area contributed by atoms with Crippen LogP contribution < -0.4 is 9.47 Å². The number of amidine groups is 1. The fourth-order valence-electron chi connectivity index (χ4n) is 5.78. The van der Waals surface area contributed by atoms with Crippen molar-refractivity contribution in [2.45, 2.75) is 89.8 Å². The molecule has 1 N–H and O–H groups in total. The molecule has 1 amide bonds. The van der Waals surface area contributed by atoms with E-state index < -0.39 is 5.97 Å². The fraction of sp³-hybridized carbons (Fsp3) is 0.469. The largest absolute Gasteiger partial charge is 0.490 e. The molecule has 218 valence electrons. The average molecular weight is 597 g/mol. The molecule has 1 saturated heterocycles. The van der Waals surface area contributed by atoms with Crippen LogP contribution in [0.2, 0.25) is 5.02 Å². The van der Waals surface area contributed by atoms with Crippen LogP contribution in [-0.4, -0.2) is 45.7 Å². The van der Waals surface area contributed by atoms with Crippen LogP contribution in [0.4, 0.5) is 0 Å². The normalized spacial score (nSPS) is 20.6. The van der Waals surface area contributed by atoms with Crippen LogP contribution in [0.1, 0.15) is 92.6 Å². The topological polar surface area (TPSA) is 88.4 Å². The molecule has 7 nitrogen and oxygen atoms in total. The van der Waals surface area contributed by atoms with Gasteiger partial charge in [0.25, 0.3) is 5.91 Å². The second-order valence-corrected chi connectivity index (χ2v) is 12.3. The van der Waals surface area contributed by atoms with Crippen LogP contribution in [0.25, 0.3) is 6.08 Å². The van der Waals surface area contributed by atoms with E-state index in [9.17, 15) is 14.7 Å². The first-order valence-corrected chi connectivity index (χ1v) is 15.8. The third-order valence-electron chi connectivity index (χ3n) is 7.83. The number of hydrogen-bond donors (Lipinski definition) is 1. The number of carbonyl (C=O) groups excluding carboxylic acids is 1. The Morgan fingerprint density at radius 3 is 2.51 bits per heavy atom. The van der Waals surface area contributed by atoms with E-state index in [1.54, 1.807) is 24.3 Å². The second kappa shape index (κ2) is 13.8. The lowest BCUT2D eigenvalue weighted by atomic mass is 9.94. The molecule has 1 aliphatic heterocycles. The van der Waals surface area contributed by atoms with Crippen molar-refractivity contribution in [1.82, 2.24) is 4.90 Å². The summed E-state index contributed by atoms with van der Waals surface area (Å²) in [5, 5.41) is 10.5. The molecular formula is C32H37ClN2O5S. The predicted molar refractivity (Wildman–Crippen MR) is 164 cm³/mol. The van der Waals surface area contributed by atoms with E-state index in [4.69, 9.17) is 26.1 Å². The number of amides is 1. The Morgan fingerprint density at radius 1 is 1.07 bits per heavy atom. The maximum Gasteiger partial charge on any atom is 0.335 e. The smallest absolute Gasteiger partial charge is 0.335 e. The highest BCUT2D eigenvalue weighted by molar-refractivity contribution is 8.18. The van der Waals surface area contributed by atoms with E-state index in [1.165, 1.54) is 43.5 Å². The van der Waals surface area contributed by atoms with Crippen LogP contribution in [-0.2, 0) is 11.4 Å². The number of thioether (sulfide) groups is 1. The van der Waals surface area contributed by atoms with Gasteiger partial charge in [-0.2, -0.15) is 0 Å². The first-order chi connectivity index (χ1) is 19.9. The number of carboxylic acids is 1. The van der Waals surface area contributed by atoms with E-state index in [-0.39, 0.29) is 30.2 Å². The van der Waals surface area contributed by atoms with Gasteiger partial charge in [-0.05, 0) is 85.8 Å². The first kappa shape index (κ1) is 29.5. The molecule has 0 bridgehead atoms. The van der Waals surface area contributed by atoms with Crippen molar-refractivity contribution in [3.8, 4) is 11.5 Å². The van der Waals surface area contributed by atoms with Crippen molar-refractivity contribution in [3.05, 3.63) is 63.0 Å². The predicted octanol–water partition coefficient (Wildman–Crippen LogP) is 7.95. The van der Waals surface area contributed by atoms with E-state index in [0.29, 0.717) is 33.6 Å². The van der Waals surface area contributed by atoms with Crippen LogP contribution in [0.15, 0.2) is 46.3 Å². The Hall–Kier alpha value is -2.97. The minimum atomic E-state index is -0.995. The van der Waals surface area contributed by atoms with Gasteiger partial charge >= 0.3 is 5.97 Å². The number of halogens is 1. The van der Waals surface area contributed by atoms with Crippen molar-refractivity contribution in [2.24, 2.45) is 4.99 Å². The summed E-state index contributed by atoms with van der Waals surface area (Å²) >= 11 is 8.17. The summed E-state index contributed by atoms with van der Waals surface area (Å²) in [6, 6.07) is 10.7. The van der Waals surface area contributed by atoms with Gasteiger partial charge in [-0.1, -0.05) is 62.3 Å². The highest BCUT2D eigenvalue weighted by Crippen LogP contribution is 2.41. The molecule has 0 aromatic heterocycles. The lowest BCUT2D eigenvalue weighted by Gasteiger charge is -2.31. The second-order valence-electron chi connectivity index (χ2n) is 10.8. The quantitative estimate of drug-likeness (QED) is 0.295. The Morgan fingerprint density at radius 2 is 1.80 bits per heavy atom. The molecule has 9 heteroatoms. The summed E-state index contributed by atoms with van der Waals surface area (Å²) < 4.78 is 11.9. The van der Waals surface area contributed by atoms with Gasteiger partial charge in [0, 0.05) is 6.04 Å². The highest BCUT2D eigenvalue weighted by atomic mass is 35.5. The molecule has 0 spiro atoms. The van der Waals surface area contributed by atoms with Gasteiger partial charge in [0.2, 0.25) is 0 Å². The molecule has 3 aliphatic rings. The molecule has 41 heavy (non-hydrogen) atoms. The van der Waals surface area contributed by atoms with Crippen molar-refractivity contribution in [1.29, 1.82) is 0 Å². The molecular weight excluding hydrogens is 560 g/mol. The maximum absolute atomic E-state index is 13.8. The van der Waals surface area contributed by atoms with E-state index in [1.807, 2.05) is 24.0 Å². The zero-order valence-corrected chi connectivity index (χ0v) is 25.0. The SMILES string of the molecule is CCOc1cc(C=C2SC(=NC3CCCCC3)N(C3CCCCC3)C2=O)cc(Cl)c1OCc1cccc(C(=O)O)c1. The third kappa shape index (κ3) is 7.28. The van der Waals surface area contributed by atoms with E-state index >= 15 is 0 Å². The number of carboxylic acid groups (broad SMARTS) is 1. The molecule has 5 rings (SSSR count). The summed E-state index contributed by atoms with van der Waals surface area (Å²) in [7, 11) is 0. The van der Waals surface area contributed by atoms with Crippen LogP contribution in [0, 0.1) is 0 Å². The monoisotopic (exact) mass is 596 g/mol. The molecule has 0 atom stereocenters. The minimum Gasteiger partial charge on any atom is -0.490 e. The zero-order valence-electron chi connectivity index (χ0n) is 23.4. The van der Waals surface area contributed by atoms with Gasteiger partial charge in [-0.15, -0.1) is 0 Å². The van der Waals surface area contributed by atoms with Crippen LogP contribution in [0.5, 0.6) is 11.5 Å². The number of benzene rings is 2.